The zero-order valence-electron chi connectivity index (χ0n) is 13.3. The molecule has 0 bridgehead atoms. The van der Waals surface area contributed by atoms with Gasteiger partial charge in [0.25, 0.3) is 5.91 Å². The predicted molar refractivity (Wildman–Crippen MR) is 85.9 cm³/mol. The van der Waals surface area contributed by atoms with E-state index in [9.17, 15) is 9.59 Å². The van der Waals surface area contributed by atoms with Crippen molar-refractivity contribution in [2.45, 2.75) is 45.6 Å². The molecular weight excluding hydrogens is 280 g/mol. The maximum absolute atomic E-state index is 12.4. The third-order valence-electron chi connectivity index (χ3n) is 3.97. The van der Waals surface area contributed by atoms with Gasteiger partial charge in [0.05, 0.1) is 5.69 Å². The first-order valence-corrected chi connectivity index (χ1v) is 7.90. The molecule has 1 aromatic rings. The van der Waals surface area contributed by atoms with Gasteiger partial charge in [-0.15, -0.1) is 0 Å². The molecule has 22 heavy (non-hydrogen) atoms. The average molecular weight is 304 g/mol. The van der Waals surface area contributed by atoms with E-state index in [0.29, 0.717) is 17.5 Å². The number of piperidine rings is 1. The molecule has 2 rings (SSSR count). The number of nitrogens with one attached hydrogen (secondary N) is 1. The highest BCUT2D eigenvalue weighted by Gasteiger charge is 2.25. The van der Waals surface area contributed by atoms with E-state index in [4.69, 9.17) is 4.74 Å². The van der Waals surface area contributed by atoms with E-state index >= 15 is 0 Å². The van der Waals surface area contributed by atoms with Crippen molar-refractivity contribution >= 4 is 17.5 Å². The summed E-state index contributed by atoms with van der Waals surface area (Å²) in [5.41, 5.74) is 0.591. The van der Waals surface area contributed by atoms with Crippen molar-refractivity contribution < 1.29 is 14.3 Å². The van der Waals surface area contributed by atoms with Crippen LogP contribution < -0.4 is 10.1 Å². The van der Waals surface area contributed by atoms with Crippen LogP contribution in [0.5, 0.6) is 5.75 Å². The van der Waals surface area contributed by atoms with Gasteiger partial charge in [-0.1, -0.05) is 19.1 Å². The number of hydrogen-bond donors (Lipinski definition) is 1. The highest BCUT2D eigenvalue weighted by atomic mass is 16.5. The number of anilines is 1. The minimum absolute atomic E-state index is 0.00704. The van der Waals surface area contributed by atoms with Crippen LogP contribution in [0.1, 0.15) is 39.5 Å². The molecule has 0 aromatic heterocycles. The lowest BCUT2D eigenvalue weighted by atomic mass is 10.00. The molecule has 5 nitrogen and oxygen atoms in total. The van der Waals surface area contributed by atoms with Gasteiger partial charge < -0.3 is 15.0 Å². The van der Waals surface area contributed by atoms with Gasteiger partial charge in [0.1, 0.15) is 5.75 Å². The van der Waals surface area contributed by atoms with Crippen molar-refractivity contribution in [2.75, 3.05) is 18.5 Å². The van der Waals surface area contributed by atoms with Crippen molar-refractivity contribution in [3.05, 3.63) is 24.3 Å². The fourth-order valence-electron chi connectivity index (χ4n) is 2.86. The predicted octanol–water partition coefficient (Wildman–Crippen LogP) is 2.81. The molecule has 1 fully saturated rings. The topological polar surface area (TPSA) is 58.6 Å². The Morgan fingerprint density at radius 2 is 2.09 bits per heavy atom. The van der Waals surface area contributed by atoms with Crippen molar-refractivity contribution in [1.82, 2.24) is 4.90 Å². The van der Waals surface area contributed by atoms with Crippen LogP contribution in [0.25, 0.3) is 0 Å². The maximum atomic E-state index is 12.4. The van der Waals surface area contributed by atoms with Crippen LogP contribution in [0.2, 0.25) is 0 Å². The van der Waals surface area contributed by atoms with Gasteiger partial charge in [0.15, 0.2) is 6.61 Å². The Kier molecular flexibility index (Phi) is 5.81. The fourth-order valence-corrected chi connectivity index (χ4v) is 2.86. The molecule has 1 N–H and O–H groups in total. The van der Waals surface area contributed by atoms with Crippen LogP contribution in [0, 0.1) is 0 Å². The van der Waals surface area contributed by atoms with E-state index in [2.05, 4.69) is 12.2 Å². The van der Waals surface area contributed by atoms with E-state index in [1.165, 1.54) is 13.3 Å². The first-order chi connectivity index (χ1) is 10.6. The van der Waals surface area contributed by atoms with Crippen LogP contribution in [-0.4, -0.2) is 35.9 Å². The highest BCUT2D eigenvalue weighted by molar-refractivity contribution is 5.90. The molecule has 1 aliphatic heterocycles. The second-order valence-corrected chi connectivity index (χ2v) is 5.61. The number of hydrogen-bond acceptors (Lipinski definition) is 3. The highest BCUT2D eigenvalue weighted by Crippen LogP contribution is 2.24. The summed E-state index contributed by atoms with van der Waals surface area (Å²) in [5, 5.41) is 2.71. The summed E-state index contributed by atoms with van der Waals surface area (Å²) in [5.74, 6) is 0.379. The zero-order chi connectivity index (χ0) is 15.9. The molecule has 1 aromatic carbocycles. The normalized spacial score (nSPS) is 17.9. The van der Waals surface area contributed by atoms with Crippen LogP contribution in [-0.2, 0) is 9.59 Å². The Bertz CT molecular complexity index is 530. The van der Waals surface area contributed by atoms with Crippen LogP contribution in [0.4, 0.5) is 5.69 Å². The van der Waals surface area contributed by atoms with Gasteiger partial charge in [-0.25, -0.2) is 0 Å². The van der Waals surface area contributed by atoms with Gasteiger partial charge >= 0.3 is 0 Å². The van der Waals surface area contributed by atoms with Crippen LogP contribution >= 0.6 is 0 Å². The fraction of sp³-hybridized carbons (Fsp3) is 0.529. The molecule has 120 valence electrons. The standard InChI is InChI=1S/C17H24N2O3/c1-3-14-8-6-7-11-19(14)17(21)12-22-16-10-5-4-9-15(16)18-13(2)20/h4-5,9-10,14H,3,6-8,11-12H2,1-2H3,(H,18,20)/t14-/m1/s1. The second-order valence-electron chi connectivity index (χ2n) is 5.61. The molecule has 2 amide bonds. The first kappa shape index (κ1) is 16.3. The van der Waals surface area contributed by atoms with Gasteiger partial charge in [0, 0.05) is 19.5 Å². The molecule has 0 unspecified atom stereocenters. The molecule has 0 spiro atoms. The Balaban J connectivity index is 1.97. The molecule has 0 saturated carbocycles. The Morgan fingerprint density at radius 1 is 1.32 bits per heavy atom. The molecule has 1 heterocycles. The van der Waals surface area contributed by atoms with Crippen molar-refractivity contribution in [3.8, 4) is 5.75 Å². The lowest BCUT2D eigenvalue weighted by Crippen LogP contribution is -2.45. The van der Waals surface area contributed by atoms with Crippen molar-refractivity contribution in [1.29, 1.82) is 0 Å². The number of likely N-dealkylation sites (tertiary alicyclic amines) is 1. The number of ether oxygens (including phenoxy) is 1. The summed E-state index contributed by atoms with van der Waals surface area (Å²) in [6.07, 6.45) is 4.30. The summed E-state index contributed by atoms with van der Waals surface area (Å²) in [6.45, 7) is 4.38. The number of benzene rings is 1. The number of amides is 2. The number of rotatable bonds is 5. The smallest absolute Gasteiger partial charge is 0.260 e. The van der Waals surface area contributed by atoms with Crippen LogP contribution in [0.3, 0.4) is 0 Å². The number of carbonyl (C=O) groups excluding carboxylic acids is 2. The summed E-state index contributed by atoms with van der Waals surface area (Å²) in [6, 6.07) is 7.48. The first-order valence-electron chi connectivity index (χ1n) is 7.90. The summed E-state index contributed by atoms with van der Waals surface area (Å²) in [7, 11) is 0. The summed E-state index contributed by atoms with van der Waals surface area (Å²) in [4.78, 5) is 25.5. The molecule has 0 radical (unpaired) electrons. The summed E-state index contributed by atoms with van der Waals surface area (Å²) < 4.78 is 5.64. The minimum Gasteiger partial charge on any atom is -0.482 e. The van der Waals surface area contributed by atoms with E-state index in [0.717, 1.165) is 25.8 Å². The van der Waals surface area contributed by atoms with E-state index in [1.807, 2.05) is 17.0 Å². The number of carbonyl (C=O) groups is 2. The molecule has 1 saturated heterocycles. The van der Waals surface area contributed by atoms with E-state index < -0.39 is 0 Å². The van der Waals surface area contributed by atoms with Gasteiger partial charge in [0.2, 0.25) is 5.91 Å². The Hall–Kier alpha value is -2.04. The van der Waals surface area contributed by atoms with E-state index in [1.54, 1.807) is 12.1 Å². The van der Waals surface area contributed by atoms with Gasteiger partial charge in [-0.3, -0.25) is 9.59 Å². The van der Waals surface area contributed by atoms with Gasteiger partial charge in [-0.05, 0) is 37.8 Å². The lowest BCUT2D eigenvalue weighted by Gasteiger charge is -2.35. The quantitative estimate of drug-likeness (QED) is 0.910. The summed E-state index contributed by atoms with van der Waals surface area (Å²) >= 11 is 0. The Labute approximate surface area is 131 Å². The molecule has 1 aliphatic rings. The minimum atomic E-state index is -0.163. The zero-order valence-corrected chi connectivity index (χ0v) is 13.3. The lowest BCUT2D eigenvalue weighted by molar-refractivity contribution is -0.137. The molecular formula is C17H24N2O3. The SMILES string of the molecule is CC[C@@H]1CCCCN1C(=O)COc1ccccc1NC(C)=O. The second kappa shape index (κ2) is 7.82. The Morgan fingerprint density at radius 3 is 2.82 bits per heavy atom. The van der Waals surface area contributed by atoms with E-state index in [-0.39, 0.29) is 18.4 Å². The van der Waals surface area contributed by atoms with Crippen molar-refractivity contribution in [2.24, 2.45) is 0 Å². The monoisotopic (exact) mass is 304 g/mol. The average Bonchev–Trinajstić information content (AvgIpc) is 2.53. The van der Waals surface area contributed by atoms with Crippen molar-refractivity contribution in [3.63, 3.8) is 0 Å². The third-order valence-corrected chi connectivity index (χ3v) is 3.97. The molecule has 0 aliphatic carbocycles. The molecule has 1 atom stereocenters. The molecule has 5 heteroatoms. The third kappa shape index (κ3) is 4.23. The largest absolute Gasteiger partial charge is 0.482 e. The number of nitrogens with zero attached hydrogens (tertiary/aromatic N) is 1. The van der Waals surface area contributed by atoms with Crippen LogP contribution in [0.15, 0.2) is 24.3 Å². The maximum Gasteiger partial charge on any atom is 0.260 e. The number of para-hydroxylation sites is 2. The van der Waals surface area contributed by atoms with Gasteiger partial charge in [-0.2, -0.15) is 0 Å².